The lowest BCUT2D eigenvalue weighted by atomic mass is 9.66. The summed E-state index contributed by atoms with van der Waals surface area (Å²) in [5.74, 6) is 1.48. The van der Waals surface area contributed by atoms with Crippen LogP contribution in [0, 0.1) is 11.3 Å². The molecule has 0 bridgehead atoms. The van der Waals surface area contributed by atoms with Gasteiger partial charge in [-0.2, -0.15) is 5.26 Å². The Balaban J connectivity index is 1.01. The van der Waals surface area contributed by atoms with Crippen molar-refractivity contribution >= 4 is 94.2 Å². The molecule has 15 aromatic rings. The lowest BCUT2D eigenvalue weighted by molar-refractivity contribution is 0.435. The van der Waals surface area contributed by atoms with Crippen LogP contribution in [0.4, 0.5) is 17.1 Å². The van der Waals surface area contributed by atoms with Gasteiger partial charge in [0.25, 0.3) is 0 Å². The van der Waals surface area contributed by atoms with Crippen molar-refractivity contribution in [2.24, 2.45) is 0 Å². The fraction of sp³-hybridized carbons (Fsp3) is 0.0139. The maximum atomic E-state index is 10.2. The van der Waals surface area contributed by atoms with E-state index >= 15 is 0 Å². The van der Waals surface area contributed by atoms with E-state index in [1.807, 2.05) is 24.5 Å². The molecule has 5 aromatic heterocycles. The van der Waals surface area contributed by atoms with Gasteiger partial charge >= 0.3 is 0 Å². The number of fused-ring (bicyclic) bond motifs is 20. The molecule has 1 spiro atoms. The van der Waals surface area contributed by atoms with Crippen LogP contribution in [0.25, 0.3) is 93.9 Å². The molecule has 0 fully saturated rings. The summed E-state index contributed by atoms with van der Waals surface area (Å²) in [6, 6.07) is 87.0. The van der Waals surface area contributed by atoms with E-state index in [-0.39, 0.29) is 0 Å². The molecule has 1 unspecified atom stereocenters. The number of ether oxygens (including phenoxy) is 1. The summed E-state index contributed by atoms with van der Waals surface area (Å²) in [6.07, 6.45) is 4.03. The van der Waals surface area contributed by atoms with Crippen LogP contribution >= 0.6 is 11.8 Å². The summed E-state index contributed by atoms with van der Waals surface area (Å²) in [6.45, 7) is 0. The van der Waals surface area contributed by atoms with Crippen molar-refractivity contribution in [1.29, 1.82) is 5.26 Å². The fourth-order valence-corrected chi connectivity index (χ4v) is 15.0. The molecular formula is C72H41N7OS. The van der Waals surface area contributed by atoms with Gasteiger partial charge in [0, 0.05) is 64.4 Å². The molecule has 0 saturated carbocycles. The highest BCUT2D eigenvalue weighted by Gasteiger charge is 2.54. The number of anilines is 3. The van der Waals surface area contributed by atoms with Gasteiger partial charge in [0.05, 0.1) is 108 Å². The number of benzene rings is 10. The maximum Gasteiger partial charge on any atom is 0.156 e. The second-order valence-electron chi connectivity index (χ2n) is 21.1. The number of hydrogen-bond donors (Lipinski definition) is 0. The summed E-state index contributed by atoms with van der Waals surface area (Å²) in [7, 11) is 0. The predicted molar refractivity (Wildman–Crippen MR) is 326 cm³/mol. The van der Waals surface area contributed by atoms with Crippen molar-refractivity contribution in [2.75, 3.05) is 4.90 Å². The second-order valence-corrected chi connectivity index (χ2v) is 22.2. The Bertz CT molecular complexity index is 5160. The van der Waals surface area contributed by atoms with Crippen LogP contribution in [0.3, 0.4) is 0 Å². The van der Waals surface area contributed by atoms with Gasteiger partial charge in [0.2, 0.25) is 0 Å². The zero-order valence-electron chi connectivity index (χ0n) is 43.1. The van der Waals surface area contributed by atoms with Crippen LogP contribution in [0.5, 0.6) is 11.5 Å². The van der Waals surface area contributed by atoms with Crippen LogP contribution in [0.15, 0.2) is 259 Å². The average molecular weight is 1050 g/mol. The van der Waals surface area contributed by atoms with E-state index in [2.05, 4.69) is 249 Å². The topological polar surface area (TPSA) is 76.8 Å². The normalized spacial score (nSPS) is 14.7. The minimum atomic E-state index is -1.08. The molecule has 10 aromatic carbocycles. The number of nitriles is 1. The highest BCUT2D eigenvalue weighted by atomic mass is 32.2. The SMILES string of the molecule is N#Cc1ccc2c(c1)c1ccccc1n2-c1cnc2c(c1)C1(c3cc(-n4c5ccccc5c5ccccc54)cnc3-2)c2cccc(N3c4ccccc4Sc4ccccc43)c2Oc2c(-n3c4ccccc4c4ccccc43)cccc21. The van der Waals surface area contributed by atoms with Crippen molar-refractivity contribution in [2.45, 2.75) is 15.2 Å². The van der Waals surface area contributed by atoms with Crippen LogP contribution in [-0.2, 0) is 5.41 Å². The van der Waals surface area contributed by atoms with E-state index in [1.165, 1.54) is 10.8 Å². The zero-order valence-corrected chi connectivity index (χ0v) is 43.9. The van der Waals surface area contributed by atoms with E-state index in [4.69, 9.17) is 14.7 Å². The van der Waals surface area contributed by atoms with Crippen LogP contribution in [0.1, 0.15) is 27.8 Å². The van der Waals surface area contributed by atoms with Crippen LogP contribution in [-0.4, -0.2) is 23.7 Å². The van der Waals surface area contributed by atoms with Gasteiger partial charge in [-0.1, -0.05) is 151 Å². The number of aromatic nitrogens is 5. The molecule has 1 atom stereocenters. The first-order valence-corrected chi connectivity index (χ1v) is 28.0. The van der Waals surface area contributed by atoms with Crippen molar-refractivity contribution in [3.63, 3.8) is 0 Å². The average Bonchev–Trinajstić information content (AvgIpc) is 4.19. The van der Waals surface area contributed by atoms with Gasteiger partial charge in [-0.3, -0.25) is 9.97 Å². The Labute approximate surface area is 468 Å². The van der Waals surface area contributed by atoms with Crippen molar-refractivity contribution in [3.8, 4) is 46.0 Å². The molecule has 7 heterocycles. The predicted octanol–water partition coefficient (Wildman–Crippen LogP) is 18.0. The monoisotopic (exact) mass is 1050 g/mol. The minimum Gasteiger partial charge on any atom is -0.452 e. The molecular weight excluding hydrogens is 1010 g/mol. The third kappa shape index (κ3) is 5.88. The number of rotatable bonds is 4. The Hall–Kier alpha value is -10.7. The third-order valence-electron chi connectivity index (χ3n) is 17.2. The quantitative estimate of drug-likeness (QED) is 0.175. The molecule has 376 valence electrons. The first-order chi connectivity index (χ1) is 40.2. The summed E-state index contributed by atoms with van der Waals surface area (Å²) in [5, 5.41) is 16.9. The van der Waals surface area contributed by atoms with E-state index in [0.29, 0.717) is 5.56 Å². The molecule has 81 heavy (non-hydrogen) atoms. The molecule has 18 rings (SSSR count). The summed E-state index contributed by atoms with van der Waals surface area (Å²) < 4.78 is 15.0. The van der Waals surface area contributed by atoms with Gasteiger partial charge in [0.15, 0.2) is 11.5 Å². The first-order valence-electron chi connectivity index (χ1n) is 27.2. The maximum absolute atomic E-state index is 10.2. The Morgan fingerprint density at radius 1 is 0.370 bits per heavy atom. The van der Waals surface area contributed by atoms with Crippen LogP contribution in [0.2, 0.25) is 0 Å². The van der Waals surface area contributed by atoms with Gasteiger partial charge < -0.3 is 23.3 Å². The molecule has 2 aliphatic heterocycles. The molecule has 0 radical (unpaired) electrons. The molecule has 3 aliphatic rings. The Morgan fingerprint density at radius 2 is 0.778 bits per heavy atom. The van der Waals surface area contributed by atoms with E-state index in [9.17, 15) is 5.26 Å². The van der Waals surface area contributed by atoms with Gasteiger partial charge in [-0.15, -0.1) is 0 Å². The zero-order chi connectivity index (χ0) is 53.1. The summed E-state index contributed by atoms with van der Waals surface area (Å²) in [4.78, 5) is 15.9. The number of nitrogens with zero attached hydrogens (tertiary/aromatic N) is 7. The smallest absolute Gasteiger partial charge is 0.156 e. The van der Waals surface area contributed by atoms with Gasteiger partial charge in [-0.25, -0.2) is 0 Å². The third-order valence-corrected chi connectivity index (χ3v) is 18.3. The fourth-order valence-electron chi connectivity index (χ4n) is 13.9. The molecule has 9 heteroatoms. The van der Waals surface area contributed by atoms with Crippen LogP contribution < -0.4 is 9.64 Å². The molecule has 0 amide bonds. The van der Waals surface area contributed by atoms with E-state index < -0.39 is 5.41 Å². The highest BCUT2D eigenvalue weighted by Crippen LogP contribution is 2.66. The van der Waals surface area contributed by atoms with Crippen molar-refractivity contribution < 1.29 is 4.74 Å². The standard InChI is InChI=1S/C72H41N7OS/c73-40-43-35-36-61-51(37-43)50-21-5-8-26-58(50)77(61)45-39-55-69(75-42-45)68-54(38-44(41-74-68)76-56-24-6-1-17-46(56)47-18-2-7-25-57(47)76)72(55)52-22-15-31-64(78-59-27-9-3-19-48(59)49-20-4-10-28-60(49)78)70(52)80-71-53(72)23-16-32-65(71)79-62-29-11-13-33-66(62)81-67-34-14-12-30-63(67)79/h1-39,41-42H. The molecule has 1 aliphatic carbocycles. The van der Waals surface area contributed by atoms with Gasteiger partial charge in [0.1, 0.15) is 0 Å². The highest BCUT2D eigenvalue weighted by molar-refractivity contribution is 7.99. The Morgan fingerprint density at radius 3 is 1.28 bits per heavy atom. The largest absolute Gasteiger partial charge is 0.452 e. The lowest BCUT2D eigenvalue weighted by Gasteiger charge is -2.42. The molecule has 0 N–H and O–H groups in total. The minimum absolute atomic E-state index is 0.611. The van der Waals surface area contributed by atoms with Gasteiger partial charge in [-0.05, 0) is 97.1 Å². The van der Waals surface area contributed by atoms with E-state index in [1.54, 1.807) is 11.8 Å². The first kappa shape index (κ1) is 44.3. The Kier molecular flexibility index (Phi) is 9.00. The van der Waals surface area contributed by atoms with Crippen molar-refractivity contribution in [1.82, 2.24) is 23.7 Å². The lowest BCUT2D eigenvalue weighted by Crippen LogP contribution is -2.33. The molecule has 0 saturated heterocycles. The summed E-state index contributed by atoms with van der Waals surface area (Å²) in [5.41, 5.74) is 17.2. The second kappa shape index (κ2) is 16.4. The number of hydrogen-bond acceptors (Lipinski definition) is 6. The number of para-hydroxylation sites is 9. The summed E-state index contributed by atoms with van der Waals surface area (Å²) >= 11 is 1.79. The van der Waals surface area contributed by atoms with Crippen molar-refractivity contribution in [3.05, 3.63) is 277 Å². The number of pyridine rings is 2. The molecule has 8 nitrogen and oxygen atoms in total. The van der Waals surface area contributed by atoms with E-state index in [0.717, 1.165) is 144 Å².